The Labute approximate surface area is 183 Å². The van der Waals surface area contributed by atoms with Crippen molar-refractivity contribution in [2.45, 2.75) is 30.7 Å². The molecule has 7 nitrogen and oxygen atoms in total. The summed E-state index contributed by atoms with van der Waals surface area (Å²) in [5, 5.41) is 0. The monoisotopic (exact) mass is 441 g/mol. The van der Waals surface area contributed by atoms with Crippen molar-refractivity contribution >= 4 is 21.8 Å². The van der Waals surface area contributed by atoms with Crippen molar-refractivity contribution < 1.29 is 18.0 Å². The molecule has 1 atom stereocenters. The zero-order valence-corrected chi connectivity index (χ0v) is 18.6. The first kappa shape index (κ1) is 21.5. The quantitative estimate of drug-likeness (QED) is 0.730. The van der Waals surface area contributed by atoms with E-state index in [-0.39, 0.29) is 35.8 Å². The molecule has 0 radical (unpaired) electrons. The van der Waals surface area contributed by atoms with Gasteiger partial charge in [0.15, 0.2) is 0 Å². The molecule has 2 aliphatic rings. The predicted molar refractivity (Wildman–Crippen MR) is 117 cm³/mol. The highest BCUT2D eigenvalue weighted by molar-refractivity contribution is 7.89. The van der Waals surface area contributed by atoms with Gasteiger partial charge in [-0.2, -0.15) is 4.31 Å². The predicted octanol–water partition coefficient (Wildman–Crippen LogP) is 2.30. The largest absolute Gasteiger partial charge is 0.340 e. The molecule has 0 N–H and O–H groups in total. The van der Waals surface area contributed by atoms with Gasteiger partial charge in [0.05, 0.1) is 10.9 Å². The molecule has 164 valence electrons. The van der Waals surface area contributed by atoms with Crippen LogP contribution in [0.4, 0.5) is 0 Å². The molecule has 0 spiro atoms. The molecule has 8 heteroatoms. The third kappa shape index (κ3) is 4.09. The van der Waals surface area contributed by atoms with Crippen molar-refractivity contribution in [3.8, 4) is 0 Å². The third-order valence-corrected chi connectivity index (χ3v) is 8.19. The Bertz CT molecular complexity index is 1110. The molecule has 31 heavy (non-hydrogen) atoms. The van der Waals surface area contributed by atoms with Gasteiger partial charge < -0.3 is 9.80 Å². The van der Waals surface area contributed by atoms with E-state index < -0.39 is 10.0 Å². The fourth-order valence-corrected chi connectivity index (χ4v) is 5.93. The maximum absolute atomic E-state index is 13.2. The highest BCUT2D eigenvalue weighted by Gasteiger charge is 2.31. The molecule has 1 aliphatic carbocycles. The van der Waals surface area contributed by atoms with Crippen LogP contribution < -0.4 is 0 Å². The fourth-order valence-electron chi connectivity index (χ4n) is 4.46. The Morgan fingerprint density at radius 3 is 2.42 bits per heavy atom. The molecule has 0 bridgehead atoms. The Hall–Kier alpha value is -2.71. The number of amides is 2. The summed E-state index contributed by atoms with van der Waals surface area (Å²) in [5.41, 5.74) is 2.77. The minimum absolute atomic E-state index is 0.0105. The van der Waals surface area contributed by atoms with Gasteiger partial charge in [-0.3, -0.25) is 9.59 Å². The number of nitrogens with zero attached hydrogens (tertiary/aromatic N) is 3. The standard InChI is InChI=1S/C23H27N3O4S/c1-17(27)25-12-14-26(15-13-25)31(29,30)20-8-5-7-19(16-20)23(28)24(2)22-11-10-18-6-3-4-9-21(18)22/h3-9,16,22H,10-15H2,1-2H3/t22-/m1/s1. The summed E-state index contributed by atoms with van der Waals surface area (Å²) in [7, 11) is -1.96. The molecule has 4 rings (SSSR count). The average Bonchev–Trinajstić information content (AvgIpc) is 3.22. The van der Waals surface area contributed by atoms with Crippen LogP contribution in [0.2, 0.25) is 0 Å². The number of fused-ring (bicyclic) bond motifs is 1. The number of piperazine rings is 1. The van der Waals surface area contributed by atoms with Crippen molar-refractivity contribution in [1.29, 1.82) is 0 Å². The number of carbonyl (C=O) groups is 2. The molecule has 2 aromatic carbocycles. The molecular weight excluding hydrogens is 414 g/mol. The summed E-state index contributed by atoms with van der Waals surface area (Å²) in [6.45, 7) is 2.73. The summed E-state index contributed by atoms with van der Waals surface area (Å²) >= 11 is 0. The van der Waals surface area contributed by atoms with Crippen LogP contribution >= 0.6 is 0 Å². The van der Waals surface area contributed by atoms with Crippen LogP contribution in [0.5, 0.6) is 0 Å². The maximum atomic E-state index is 13.2. The lowest BCUT2D eigenvalue weighted by molar-refractivity contribution is -0.129. The summed E-state index contributed by atoms with van der Waals surface area (Å²) in [5.74, 6) is -0.249. The summed E-state index contributed by atoms with van der Waals surface area (Å²) in [6, 6.07) is 14.4. The van der Waals surface area contributed by atoms with Gasteiger partial charge in [0.2, 0.25) is 15.9 Å². The Balaban J connectivity index is 1.53. The van der Waals surface area contributed by atoms with Crippen molar-refractivity contribution in [2.75, 3.05) is 33.2 Å². The van der Waals surface area contributed by atoms with E-state index in [9.17, 15) is 18.0 Å². The SMILES string of the molecule is CC(=O)N1CCN(S(=O)(=O)c2cccc(C(=O)N(C)[C@@H]3CCc4ccccc43)c2)CC1. The minimum atomic E-state index is -3.74. The van der Waals surface area contributed by atoms with Crippen molar-refractivity contribution in [3.05, 3.63) is 65.2 Å². The second kappa shape index (κ2) is 8.43. The molecule has 2 aromatic rings. The first-order chi connectivity index (χ1) is 14.8. The van der Waals surface area contributed by atoms with Gasteiger partial charge in [-0.05, 0) is 42.2 Å². The first-order valence-electron chi connectivity index (χ1n) is 10.5. The smallest absolute Gasteiger partial charge is 0.254 e. The average molecular weight is 442 g/mol. The molecule has 2 amide bonds. The summed E-state index contributed by atoms with van der Waals surface area (Å²) < 4.78 is 27.6. The molecule has 1 heterocycles. The second-order valence-electron chi connectivity index (χ2n) is 8.11. The molecule has 0 aromatic heterocycles. The van der Waals surface area contributed by atoms with Crippen molar-refractivity contribution in [1.82, 2.24) is 14.1 Å². The number of benzene rings is 2. The van der Waals surface area contributed by atoms with Crippen LogP contribution in [-0.2, 0) is 21.2 Å². The summed E-state index contributed by atoms with van der Waals surface area (Å²) in [4.78, 5) is 28.2. The molecule has 1 saturated heterocycles. The highest BCUT2D eigenvalue weighted by atomic mass is 32.2. The Morgan fingerprint density at radius 2 is 1.71 bits per heavy atom. The van der Waals surface area contributed by atoms with Gasteiger partial charge in [0.1, 0.15) is 0 Å². The molecule has 0 unspecified atom stereocenters. The van der Waals surface area contributed by atoms with Gasteiger partial charge in [-0.15, -0.1) is 0 Å². The van der Waals surface area contributed by atoms with Crippen molar-refractivity contribution in [2.24, 2.45) is 0 Å². The summed E-state index contributed by atoms with van der Waals surface area (Å²) in [6.07, 6.45) is 1.79. The van der Waals surface area contributed by atoms with E-state index in [1.165, 1.54) is 28.9 Å². The lowest BCUT2D eigenvalue weighted by atomic mass is 10.1. The molecule has 0 saturated carbocycles. The minimum Gasteiger partial charge on any atom is -0.340 e. The zero-order chi connectivity index (χ0) is 22.2. The highest BCUT2D eigenvalue weighted by Crippen LogP contribution is 2.35. The number of hydrogen-bond acceptors (Lipinski definition) is 4. The molecule has 1 fully saturated rings. The van der Waals surface area contributed by atoms with E-state index in [1.807, 2.05) is 12.1 Å². The van der Waals surface area contributed by atoms with Gasteiger partial charge in [-0.25, -0.2) is 8.42 Å². The number of hydrogen-bond donors (Lipinski definition) is 0. The lowest BCUT2D eigenvalue weighted by Gasteiger charge is -2.33. The number of rotatable bonds is 4. The number of aryl methyl sites for hydroxylation is 1. The van der Waals surface area contributed by atoms with Crippen LogP contribution in [0.3, 0.4) is 0 Å². The normalized spacial score (nSPS) is 19.2. The zero-order valence-electron chi connectivity index (χ0n) is 17.8. The van der Waals surface area contributed by atoms with Gasteiger partial charge in [0, 0.05) is 45.7 Å². The number of carbonyl (C=O) groups excluding carboxylic acids is 2. The van der Waals surface area contributed by atoms with Gasteiger partial charge in [-0.1, -0.05) is 30.3 Å². The Kier molecular flexibility index (Phi) is 5.85. The van der Waals surface area contributed by atoms with Crippen LogP contribution in [-0.4, -0.2) is 67.6 Å². The van der Waals surface area contributed by atoms with Gasteiger partial charge >= 0.3 is 0 Å². The maximum Gasteiger partial charge on any atom is 0.254 e. The van der Waals surface area contributed by atoms with E-state index in [1.54, 1.807) is 29.0 Å². The van der Waals surface area contributed by atoms with E-state index in [0.29, 0.717) is 18.7 Å². The van der Waals surface area contributed by atoms with E-state index in [0.717, 1.165) is 18.4 Å². The molecule has 1 aliphatic heterocycles. The van der Waals surface area contributed by atoms with Crippen LogP contribution in [0.25, 0.3) is 0 Å². The van der Waals surface area contributed by atoms with Gasteiger partial charge in [0.25, 0.3) is 5.91 Å². The Morgan fingerprint density at radius 1 is 1.00 bits per heavy atom. The van der Waals surface area contributed by atoms with Crippen LogP contribution in [0.15, 0.2) is 53.4 Å². The van der Waals surface area contributed by atoms with E-state index in [4.69, 9.17) is 0 Å². The second-order valence-corrected chi connectivity index (χ2v) is 10.0. The lowest BCUT2D eigenvalue weighted by Crippen LogP contribution is -2.49. The van der Waals surface area contributed by atoms with E-state index in [2.05, 4.69) is 12.1 Å². The molecular formula is C23H27N3O4S. The number of sulfonamides is 1. The fraction of sp³-hybridized carbons (Fsp3) is 0.391. The van der Waals surface area contributed by atoms with Crippen molar-refractivity contribution in [3.63, 3.8) is 0 Å². The topological polar surface area (TPSA) is 78.0 Å². The third-order valence-electron chi connectivity index (χ3n) is 6.29. The van der Waals surface area contributed by atoms with Crippen LogP contribution in [0, 0.1) is 0 Å². The first-order valence-corrected chi connectivity index (χ1v) is 11.9. The van der Waals surface area contributed by atoms with E-state index >= 15 is 0 Å². The van der Waals surface area contributed by atoms with Crippen LogP contribution in [0.1, 0.15) is 40.9 Å².